The fourth-order valence-corrected chi connectivity index (χ4v) is 6.77. The van der Waals surface area contributed by atoms with E-state index in [2.05, 4.69) is 13.8 Å². The largest absolute Gasteiger partial charge is 0.508 e. The van der Waals surface area contributed by atoms with Gasteiger partial charge in [0.05, 0.1) is 9.85 Å². The van der Waals surface area contributed by atoms with Crippen LogP contribution in [0.5, 0.6) is 5.75 Å². The molecule has 2 aromatic rings. The van der Waals surface area contributed by atoms with E-state index >= 15 is 0 Å². The third-order valence-corrected chi connectivity index (χ3v) is 8.32. The summed E-state index contributed by atoms with van der Waals surface area (Å²) >= 11 is 0. The van der Waals surface area contributed by atoms with Crippen LogP contribution in [0.25, 0.3) is 0 Å². The van der Waals surface area contributed by atoms with E-state index in [1.807, 2.05) is 18.3 Å². The monoisotopic (exact) mass is 479 g/mol. The van der Waals surface area contributed by atoms with Crippen LogP contribution in [0.15, 0.2) is 35.3 Å². The molecule has 1 saturated carbocycles. The maximum Gasteiger partial charge on any atom is 0.283 e. The Morgan fingerprint density at radius 1 is 1.14 bits per heavy atom. The van der Waals surface area contributed by atoms with Crippen LogP contribution >= 0.6 is 0 Å². The van der Waals surface area contributed by atoms with Gasteiger partial charge < -0.3 is 5.11 Å². The third kappa shape index (κ3) is 4.30. The highest BCUT2D eigenvalue weighted by Crippen LogP contribution is 2.59. The topological polar surface area (TPSA) is 119 Å². The Bertz CT molecular complexity index is 1190. The molecule has 8 nitrogen and oxygen atoms in total. The van der Waals surface area contributed by atoms with Gasteiger partial charge in [0.15, 0.2) is 0 Å². The van der Waals surface area contributed by atoms with Crippen molar-refractivity contribution in [1.82, 2.24) is 0 Å². The van der Waals surface area contributed by atoms with E-state index in [0.717, 1.165) is 36.8 Å². The summed E-state index contributed by atoms with van der Waals surface area (Å²) in [7, 11) is 0. The lowest BCUT2D eigenvalue weighted by molar-refractivity contribution is -0.396. The summed E-state index contributed by atoms with van der Waals surface area (Å²) in [5.41, 5.74) is 1.90. The molecule has 8 heteroatoms. The lowest BCUT2D eigenvalue weighted by Gasteiger charge is -2.55. The smallest absolute Gasteiger partial charge is 0.283 e. The van der Waals surface area contributed by atoms with Gasteiger partial charge in [0.25, 0.3) is 11.4 Å². The highest BCUT2D eigenvalue weighted by Gasteiger charge is 2.53. The molecule has 0 aromatic heterocycles. The number of benzene rings is 2. The van der Waals surface area contributed by atoms with Gasteiger partial charge in [-0.25, -0.2) is 0 Å². The molecule has 3 atom stereocenters. The van der Waals surface area contributed by atoms with Crippen molar-refractivity contribution >= 4 is 17.6 Å². The van der Waals surface area contributed by atoms with Gasteiger partial charge in [-0.15, -0.1) is 0 Å². The van der Waals surface area contributed by atoms with Crippen molar-refractivity contribution < 1.29 is 15.0 Å². The van der Waals surface area contributed by atoms with Crippen molar-refractivity contribution in [3.63, 3.8) is 0 Å². The molecule has 35 heavy (non-hydrogen) atoms. The van der Waals surface area contributed by atoms with Crippen molar-refractivity contribution in [2.75, 3.05) is 6.54 Å². The van der Waals surface area contributed by atoms with Crippen LogP contribution in [0.2, 0.25) is 0 Å². The zero-order valence-electron chi connectivity index (χ0n) is 20.8. The first-order valence-electron chi connectivity index (χ1n) is 12.3. The van der Waals surface area contributed by atoms with Gasteiger partial charge in [-0.1, -0.05) is 34.1 Å². The minimum absolute atomic E-state index is 0.0542. The van der Waals surface area contributed by atoms with Gasteiger partial charge in [-0.3, -0.25) is 25.2 Å². The van der Waals surface area contributed by atoms with Crippen LogP contribution in [-0.4, -0.2) is 27.7 Å². The molecule has 1 fully saturated rings. The molecule has 0 bridgehead atoms. The van der Waals surface area contributed by atoms with Gasteiger partial charge in [0, 0.05) is 24.4 Å². The van der Waals surface area contributed by atoms with Crippen LogP contribution in [0.3, 0.4) is 0 Å². The van der Waals surface area contributed by atoms with E-state index < -0.39 is 9.85 Å². The normalized spacial score (nSPS) is 25.9. The van der Waals surface area contributed by atoms with E-state index in [4.69, 9.17) is 4.99 Å². The summed E-state index contributed by atoms with van der Waals surface area (Å²) in [5.74, 6) is 0.0941. The fraction of sp³-hybridized carbons (Fsp3) is 0.519. The van der Waals surface area contributed by atoms with E-state index in [1.54, 1.807) is 32.0 Å². The Morgan fingerprint density at radius 2 is 1.83 bits per heavy atom. The van der Waals surface area contributed by atoms with E-state index in [1.165, 1.54) is 0 Å². The number of fused-ring (bicyclic) bond motifs is 3. The highest BCUT2D eigenvalue weighted by atomic mass is 16.6. The second kappa shape index (κ2) is 9.06. The molecule has 0 heterocycles. The molecule has 186 valence electrons. The van der Waals surface area contributed by atoms with E-state index in [0.29, 0.717) is 18.5 Å². The molecular formula is C27H33N3O5. The Labute approximate surface area is 205 Å². The van der Waals surface area contributed by atoms with E-state index in [-0.39, 0.29) is 45.4 Å². The molecule has 0 amide bonds. The van der Waals surface area contributed by atoms with Crippen LogP contribution in [-0.2, 0) is 11.8 Å². The van der Waals surface area contributed by atoms with Crippen LogP contribution in [0.1, 0.15) is 81.5 Å². The number of hydrogen-bond acceptors (Lipinski definition) is 6. The van der Waals surface area contributed by atoms with Crippen LogP contribution in [0, 0.1) is 31.6 Å². The van der Waals surface area contributed by atoms with Gasteiger partial charge in [0.2, 0.25) is 0 Å². The molecule has 2 aromatic carbocycles. The first-order chi connectivity index (χ1) is 16.5. The molecule has 0 radical (unpaired) electrons. The Balaban J connectivity index is 1.76. The Kier molecular flexibility index (Phi) is 6.42. The van der Waals surface area contributed by atoms with Crippen molar-refractivity contribution in [2.24, 2.45) is 16.3 Å². The van der Waals surface area contributed by atoms with Crippen LogP contribution in [0.4, 0.5) is 11.4 Å². The van der Waals surface area contributed by atoms with Crippen molar-refractivity contribution in [2.45, 2.75) is 71.1 Å². The first kappa shape index (κ1) is 24.8. The molecule has 0 spiro atoms. The number of nitrogens with zero attached hydrogens (tertiary/aromatic N) is 3. The van der Waals surface area contributed by atoms with Gasteiger partial charge in [-0.05, 0) is 83.7 Å². The van der Waals surface area contributed by atoms with Crippen molar-refractivity contribution in [3.05, 3.63) is 72.8 Å². The first-order valence-corrected chi connectivity index (χ1v) is 12.3. The zero-order valence-corrected chi connectivity index (χ0v) is 20.8. The third-order valence-electron chi connectivity index (χ3n) is 8.32. The zero-order chi connectivity index (χ0) is 25.5. The summed E-state index contributed by atoms with van der Waals surface area (Å²) in [4.78, 5) is 28.1. The number of nitro benzene ring substituents is 2. The maximum atomic E-state index is 12.2. The average molecular weight is 480 g/mol. The van der Waals surface area contributed by atoms with Crippen molar-refractivity contribution in [1.29, 1.82) is 0 Å². The summed E-state index contributed by atoms with van der Waals surface area (Å²) in [5, 5.41) is 33.7. The second-order valence-corrected chi connectivity index (χ2v) is 10.9. The van der Waals surface area contributed by atoms with E-state index in [9.17, 15) is 25.3 Å². The van der Waals surface area contributed by atoms with Gasteiger partial charge >= 0.3 is 0 Å². The predicted octanol–water partition coefficient (Wildman–Crippen LogP) is 6.46. The number of aliphatic imine (C=N–C) groups is 1. The molecule has 2 aliphatic rings. The molecule has 3 unspecified atom stereocenters. The number of phenolic OH excluding ortho intramolecular Hbond substituents is 1. The number of aromatic hydroxyl groups is 1. The highest BCUT2D eigenvalue weighted by molar-refractivity contribution is 5.79. The van der Waals surface area contributed by atoms with Crippen molar-refractivity contribution in [3.8, 4) is 5.75 Å². The number of hydrogen-bond donors (Lipinski definition) is 1. The predicted molar refractivity (Wildman–Crippen MR) is 136 cm³/mol. The lowest BCUT2D eigenvalue weighted by Crippen LogP contribution is -2.50. The number of rotatable bonds is 6. The summed E-state index contributed by atoms with van der Waals surface area (Å²) in [6.07, 6.45) is 5.93. The van der Waals surface area contributed by atoms with Gasteiger partial charge in [0.1, 0.15) is 11.3 Å². The summed E-state index contributed by atoms with van der Waals surface area (Å²) < 4.78 is 0. The fourth-order valence-electron chi connectivity index (χ4n) is 6.77. The maximum absolute atomic E-state index is 12.2. The average Bonchev–Trinajstić information content (AvgIpc) is 2.78. The summed E-state index contributed by atoms with van der Waals surface area (Å²) in [6, 6.07) is 8.53. The molecule has 4 rings (SSSR count). The molecule has 0 aliphatic heterocycles. The minimum atomic E-state index is -0.459. The quantitative estimate of drug-likeness (QED) is 0.290. The minimum Gasteiger partial charge on any atom is -0.508 e. The molecule has 2 aliphatic carbocycles. The lowest BCUT2D eigenvalue weighted by atomic mass is 9.49. The van der Waals surface area contributed by atoms with Crippen LogP contribution < -0.4 is 0 Å². The molecule has 0 saturated heterocycles. The number of phenols is 1. The number of nitro groups is 2. The molecular weight excluding hydrogens is 446 g/mol. The standard InChI is InChI=1S/C27H33N3O5/c1-17(2)24-22(29(32)33)14-21-20(25(24)30(34)35)10-11-23-26(3,12-5-13-27(21,23)4)16-28-15-18-6-8-19(31)9-7-18/h6-9,14-15,17,23,31H,5,10-13,16H2,1-4H3. The molecule has 1 N–H and O–H groups in total. The Hall–Kier alpha value is -3.29. The Morgan fingerprint density at radius 3 is 2.43 bits per heavy atom. The van der Waals surface area contributed by atoms with Gasteiger partial charge in [-0.2, -0.15) is 0 Å². The summed E-state index contributed by atoms with van der Waals surface area (Å²) in [6.45, 7) is 8.54. The SMILES string of the molecule is CC(C)c1c([N+](=O)[O-])cc2c(c1[N+](=O)[O-])CCC1C(C)(CN=Cc3ccc(O)cc3)CCCC21C. The second-order valence-electron chi connectivity index (χ2n) is 10.9.